The summed E-state index contributed by atoms with van der Waals surface area (Å²) in [6.45, 7) is 8.02. The van der Waals surface area contributed by atoms with Crippen molar-refractivity contribution >= 4 is 24.9 Å². The van der Waals surface area contributed by atoms with Gasteiger partial charge in [0.15, 0.2) is 5.69 Å². The molecule has 0 aliphatic carbocycles. The summed E-state index contributed by atoms with van der Waals surface area (Å²) in [7, 11) is -1.31. The summed E-state index contributed by atoms with van der Waals surface area (Å²) in [6, 6.07) is 8.02. The van der Waals surface area contributed by atoms with Gasteiger partial charge in [0.2, 0.25) is 0 Å². The number of hydrogen-bond acceptors (Lipinski definition) is 3. The number of carbonyl (C=O) groups excluding carboxylic acids is 1. The van der Waals surface area contributed by atoms with Gasteiger partial charge >= 0.3 is 0 Å². The number of fused-ring (bicyclic) bond motifs is 1. The van der Waals surface area contributed by atoms with E-state index in [4.69, 9.17) is 4.74 Å². The molecule has 0 aliphatic rings. The van der Waals surface area contributed by atoms with E-state index in [1.165, 1.54) is 6.92 Å². The molecule has 2 aromatic rings. The molecule has 1 aromatic carbocycles. The highest BCUT2D eigenvalue weighted by atomic mass is 28.3. The number of H-pyrrole nitrogens is 1. The average Bonchev–Trinajstić information content (AvgIpc) is 2.79. The molecule has 1 unspecified atom stereocenters. The highest BCUT2D eigenvalue weighted by Gasteiger charge is 2.29. The first-order valence-electron chi connectivity index (χ1n) is 7.26. The smallest absolute Gasteiger partial charge is 0.286 e. The normalized spacial score (nSPS) is 14.8. The van der Waals surface area contributed by atoms with Crippen molar-refractivity contribution in [1.29, 1.82) is 0 Å². The SMILES string of the molecule is CC(F)(NC(=O)c1n[nH]c2ccccc12)OCC[Si](C)(C)C. The third-order valence-electron chi connectivity index (χ3n) is 3.25. The first-order chi connectivity index (χ1) is 10.2. The van der Waals surface area contributed by atoms with Crippen LogP contribution in [0, 0.1) is 0 Å². The van der Waals surface area contributed by atoms with Gasteiger partial charge in [-0.3, -0.25) is 15.2 Å². The topological polar surface area (TPSA) is 67.0 Å². The number of rotatable bonds is 6. The quantitative estimate of drug-likeness (QED) is 0.487. The van der Waals surface area contributed by atoms with Crippen LogP contribution in [-0.2, 0) is 4.74 Å². The van der Waals surface area contributed by atoms with E-state index < -0.39 is 20.0 Å². The number of alkyl halides is 1. The molecule has 0 saturated carbocycles. The number of nitrogens with one attached hydrogen (secondary N) is 2. The summed E-state index contributed by atoms with van der Waals surface area (Å²) in [6.07, 6.45) is 0. The zero-order valence-electron chi connectivity index (χ0n) is 13.4. The molecular weight excluding hydrogens is 301 g/mol. The molecule has 0 spiro atoms. The van der Waals surface area contributed by atoms with Crippen LogP contribution in [-0.4, -0.2) is 36.8 Å². The van der Waals surface area contributed by atoms with Gasteiger partial charge in [0.05, 0.1) is 5.52 Å². The van der Waals surface area contributed by atoms with Crippen LogP contribution in [0.3, 0.4) is 0 Å². The second-order valence-electron chi connectivity index (χ2n) is 6.65. The van der Waals surface area contributed by atoms with Crippen LogP contribution in [0.5, 0.6) is 0 Å². The second-order valence-corrected chi connectivity index (χ2v) is 12.3. The van der Waals surface area contributed by atoms with Gasteiger partial charge in [-0.05, 0) is 12.1 Å². The van der Waals surface area contributed by atoms with Crippen LogP contribution in [0.4, 0.5) is 4.39 Å². The van der Waals surface area contributed by atoms with Crippen LogP contribution in [0.2, 0.25) is 25.7 Å². The molecule has 0 fully saturated rings. The summed E-state index contributed by atoms with van der Waals surface area (Å²) in [5.74, 6) is -2.81. The van der Waals surface area contributed by atoms with Crippen LogP contribution in [0.25, 0.3) is 10.9 Å². The van der Waals surface area contributed by atoms with Crippen LogP contribution in [0.15, 0.2) is 24.3 Å². The van der Waals surface area contributed by atoms with Gasteiger partial charge in [-0.25, -0.2) is 0 Å². The number of halogens is 1. The Hall–Kier alpha value is -1.73. The maximum Gasteiger partial charge on any atom is 0.286 e. The fraction of sp³-hybridized carbons (Fsp3) is 0.467. The zero-order chi connectivity index (χ0) is 16.4. The van der Waals surface area contributed by atoms with Gasteiger partial charge in [0, 0.05) is 27.0 Å². The second kappa shape index (κ2) is 6.17. The van der Waals surface area contributed by atoms with Crippen molar-refractivity contribution in [2.45, 2.75) is 38.6 Å². The van der Waals surface area contributed by atoms with Gasteiger partial charge in [0.1, 0.15) is 0 Å². The van der Waals surface area contributed by atoms with Gasteiger partial charge in [-0.15, -0.1) is 0 Å². The Morgan fingerprint density at radius 3 is 2.77 bits per heavy atom. The van der Waals surface area contributed by atoms with Gasteiger partial charge < -0.3 is 4.74 Å². The Kier molecular flexibility index (Phi) is 4.67. The maximum atomic E-state index is 14.3. The number of carbonyl (C=O) groups is 1. The molecule has 1 atom stereocenters. The number of hydrogen-bond donors (Lipinski definition) is 2. The zero-order valence-corrected chi connectivity index (χ0v) is 14.4. The molecule has 1 amide bonds. The predicted octanol–water partition coefficient (Wildman–Crippen LogP) is 3.29. The van der Waals surface area contributed by atoms with E-state index in [0.717, 1.165) is 11.6 Å². The van der Waals surface area contributed by atoms with Crippen LogP contribution < -0.4 is 5.32 Å². The fourth-order valence-corrected chi connectivity index (χ4v) is 2.70. The van der Waals surface area contributed by atoms with Crippen LogP contribution >= 0.6 is 0 Å². The van der Waals surface area contributed by atoms with Gasteiger partial charge in [-0.2, -0.15) is 9.49 Å². The van der Waals surface area contributed by atoms with Gasteiger partial charge in [0.25, 0.3) is 11.9 Å². The van der Waals surface area contributed by atoms with E-state index in [0.29, 0.717) is 5.39 Å². The minimum atomic E-state index is -2.21. The highest BCUT2D eigenvalue weighted by Crippen LogP contribution is 2.18. The molecule has 5 nitrogen and oxygen atoms in total. The predicted molar refractivity (Wildman–Crippen MR) is 87.2 cm³/mol. The Balaban J connectivity index is 2.01. The molecule has 2 N–H and O–H groups in total. The highest BCUT2D eigenvalue weighted by molar-refractivity contribution is 6.76. The number of aromatic amines is 1. The molecule has 1 heterocycles. The van der Waals surface area contributed by atoms with E-state index in [2.05, 4.69) is 35.2 Å². The fourth-order valence-electron chi connectivity index (χ4n) is 1.98. The van der Waals surface area contributed by atoms with Crippen molar-refractivity contribution in [3.05, 3.63) is 30.0 Å². The average molecular weight is 323 g/mol. The van der Waals surface area contributed by atoms with E-state index in [1.54, 1.807) is 18.2 Å². The Bertz CT molecular complexity index is 664. The summed E-state index contributed by atoms with van der Waals surface area (Å²) >= 11 is 0. The van der Waals surface area contributed by atoms with Crippen molar-refractivity contribution in [3.63, 3.8) is 0 Å². The first-order valence-corrected chi connectivity index (χ1v) is 11.0. The number of ether oxygens (including phenoxy) is 1. The minimum absolute atomic E-state index is 0.160. The van der Waals surface area contributed by atoms with E-state index in [1.807, 2.05) is 6.07 Å². The number of nitrogens with zero attached hydrogens (tertiary/aromatic N) is 1. The Labute approximate surface area is 130 Å². The first kappa shape index (κ1) is 16.6. The van der Waals surface area contributed by atoms with Gasteiger partial charge in [-0.1, -0.05) is 37.8 Å². The maximum absolute atomic E-state index is 14.3. The molecule has 0 radical (unpaired) electrons. The largest absolute Gasteiger partial charge is 0.330 e. The number of para-hydroxylation sites is 1. The van der Waals surface area contributed by atoms with E-state index >= 15 is 0 Å². The molecule has 0 saturated heterocycles. The lowest BCUT2D eigenvalue weighted by Gasteiger charge is -2.24. The lowest BCUT2D eigenvalue weighted by atomic mass is 10.2. The Morgan fingerprint density at radius 1 is 1.41 bits per heavy atom. The van der Waals surface area contributed by atoms with Crippen LogP contribution in [0.1, 0.15) is 17.4 Å². The van der Waals surface area contributed by atoms with Crippen molar-refractivity contribution in [3.8, 4) is 0 Å². The molecule has 7 heteroatoms. The van der Waals surface area contributed by atoms with Crippen molar-refractivity contribution in [1.82, 2.24) is 15.5 Å². The summed E-state index contributed by atoms with van der Waals surface area (Å²) in [5.41, 5.74) is 0.890. The summed E-state index contributed by atoms with van der Waals surface area (Å²) in [4.78, 5) is 12.2. The molecule has 2 rings (SSSR count). The molecule has 0 aliphatic heterocycles. The number of aromatic nitrogens is 2. The minimum Gasteiger partial charge on any atom is -0.330 e. The number of amides is 1. The van der Waals surface area contributed by atoms with E-state index in [9.17, 15) is 9.18 Å². The lowest BCUT2D eigenvalue weighted by molar-refractivity contribution is -0.141. The molecule has 0 bridgehead atoms. The molecule has 22 heavy (non-hydrogen) atoms. The monoisotopic (exact) mass is 323 g/mol. The van der Waals surface area contributed by atoms with Crippen molar-refractivity contribution < 1.29 is 13.9 Å². The van der Waals surface area contributed by atoms with Crippen molar-refractivity contribution in [2.24, 2.45) is 0 Å². The summed E-state index contributed by atoms with van der Waals surface area (Å²) in [5, 5.41) is 9.59. The molecular formula is C15H22FN3O2Si. The third-order valence-corrected chi connectivity index (χ3v) is 4.95. The number of benzene rings is 1. The summed E-state index contributed by atoms with van der Waals surface area (Å²) < 4.78 is 19.5. The Morgan fingerprint density at radius 2 is 2.09 bits per heavy atom. The van der Waals surface area contributed by atoms with E-state index in [-0.39, 0.29) is 12.3 Å². The van der Waals surface area contributed by atoms with Crippen molar-refractivity contribution in [2.75, 3.05) is 6.61 Å². The standard InChI is InChI=1S/C15H22FN3O2Si/c1-15(16,21-9-10-22(2,3)4)17-14(20)13-11-7-5-6-8-12(11)18-19-13/h5-8H,9-10H2,1-4H3,(H,17,20)(H,18,19). The third kappa shape index (κ3) is 4.38. The lowest BCUT2D eigenvalue weighted by Crippen LogP contribution is -2.45. The molecule has 1 aromatic heterocycles. The molecule has 120 valence electrons.